The van der Waals surface area contributed by atoms with Crippen LogP contribution in [0.25, 0.3) is 0 Å². The summed E-state index contributed by atoms with van der Waals surface area (Å²) in [6, 6.07) is 14.0. The zero-order valence-corrected chi connectivity index (χ0v) is 11.8. The number of Topliss-reactive ketones (excluding diaryl/α,β-unsaturated/α-hetero) is 1. The molecule has 0 saturated carbocycles. The molecule has 2 aromatic rings. The Balaban J connectivity index is 2.07. The van der Waals surface area contributed by atoms with E-state index >= 15 is 0 Å². The molecule has 102 valence electrons. The summed E-state index contributed by atoms with van der Waals surface area (Å²) >= 11 is 5.85. The van der Waals surface area contributed by atoms with E-state index < -0.39 is 0 Å². The lowest BCUT2D eigenvalue weighted by molar-refractivity contribution is 0.107. The van der Waals surface area contributed by atoms with Crippen molar-refractivity contribution in [3.63, 3.8) is 0 Å². The van der Waals surface area contributed by atoms with Crippen molar-refractivity contribution in [2.75, 3.05) is 6.61 Å². The average Bonchev–Trinajstić information content (AvgIpc) is 2.46. The highest BCUT2D eigenvalue weighted by molar-refractivity contribution is 6.35. The van der Waals surface area contributed by atoms with Crippen LogP contribution in [0.3, 0.4) is 0 Å². The molecule has 0 spiro atoms. The van der Waals surface area contributed by atoms with Crippen LogP contribution in [0.1, 0.15) is 17.3 Å². The molecule has 0 aliphatic rings. The molecule has 20 heavy (non-hydrogen) atoms. The second-order valence-corrected chi connectivity index (χ2v) is 4.50. The molecule has 0 bridgehead atoms. The van der Waals surface area contributed by atoms with Gasteiger partial charge in [-0.2, -0.15) is 0 Å². The highest BCUT2D eigenvalue weighted by atomic mass is 35.5. The summed E-state index contributed by atoms with van der Waals surface area (Å²) < 4.78 is 5.32. The molecule has 2 aromatic carbocycles. The van der Waals surface area contributed by atoms with Gasteiger partial charge in [-0.25, -0.2) is 0 Å². The summed E-state index contributed by atoms with van der Waals surface area (Å²) in [7, 11) is 0. The van der Waals surface area contributed by atoms with Crippen LogP contribution in [0, 0.1) is 0 Å². The van der Waals surface area contributed by atoms with Gasteiger partial charge >= 0.3 is 0 Å². The average molecular weight is 288 g/mol. The lowest BCUT2D eigenvalue weighted by Gasteiger charge is -2.02. The number of rotatable bonds is 5. The zero-order valence-electron chi connectivity index (χ0n) is 11.0. The highest BCUT2D eigenvalue weighted by Crippen LogP contribution is 2.17. The van der Waals surface area contributed by atoms with Crippen LogP contribution in [0.15, 0.2) is 53.5 Å². The fraction of sp³-hybridized carbons (Fsp3) is 0.125. The maximum Gasteiger partial charge on any atom is 0.204 e. The molecule has 3 nitrogen and oxygen atoms in total. The summed E-state index contributed by atoms with van der Waals surface area (Å²) in [4.78, 5) is 16.1. The largest absolute Gasteiger partial charge is 0.494 e. The topological polar surface area (TPSA) is 38.7 Å². The van der Waals surface area contributed by atoms with Crippen molar-refractivity contribution < 1.29 is 9.53 Å². The van der Waals surface area contributed by atoms with Gasteiger partial charge in [-0.05, 0) is 49.4 Å². The first-order valence-electron chi connectivity index (χ1n) is 6.26. The molecule has 0 saturated heterocycles. The van der Waals surface area contributed by atoms with E-state index in [9.17, 15) is 4.79 Å². The molecule has 0 unspecified atom stereocenters. The van der Waals surface area contributed by atoms with Gasteiger partial charge in [0.2, 0.25) is 5.78 Å². The third-order valence-electron chi connectivity index (χ3n) is 2.59. The van der Waals surface area contributed by atoms with Crippen molar-refractivity contribution in [3.8, 4) is 5.75 Å². The van der Waals surface area contributed by atoms with Crippen molar-refractivity contribution in [2.45, 2.75) is 6.92 Å². The lowest BCUT2D eigenvalue weighted by Crippen LogP contribution is -2.00. The summed E-state index contributed by atoms with van der Waals surface area (Å²) in [5, 5.41) is 0.591. The van der Waals surface area contributed by atoms with E-state index in [1.807, 2.05) is 6.92 Å². The molecule has 0 radical (unpaired) electrons. The van der Waals surface area contributed by atoms with Gasteiger partial charge in [0.1, 0.15) is 5.75 Å². The summed E-state index contributed by atoms with van der Waals surface area (Å²) in [5.41, 5.74) is 1.22. The molecule has 0 amide bonds. The lowest BCUT2D eigenvalue weighted by atomic mass is 10.1. The predicted octanol–water partition coefficient (Wildman–Crippen LogP) is 4.32. The van der Waals surface area contributed by atoms with Crippen LogP contribution in [0.4, 0.5) is 5.69 Å². The molecule has 0 fully saturated rings. The molecular weight excluding hydrogens is 274 g/mol. The first kappa shape index (κ1) is 14.3. The van der Waals surface area contributed by atoms with Gasteiger partial charge in [0, 0.05) is 10.6 Å². The Morgan fingerprint density at radius 3 is 2.65 bits per heavy atom. The Labute approximate surface area is 122 Å². The number of ether oxygens (including phenoxy) is 1. The molecule has 0 aliphatic heterocycles. The fourth-order valence-corrected chi connectivity index (χ4v) is 1.83. The van der Waals surface area contributed by atoms with Crippen molar-refractivity contribution >= 4 is 29.3 Å². The van der Waals surface area contributed by atoms with Gasteiger partial charge in [-0.3, -0.25) is 9.79 Å². The minimum atomic E-state index is -0.159. The summed E-state index contributed by atoms with van der Waals surface area (Å²) in [5.74, 6) is 0.587. The number of hydrogen-bond acceptors (Lipinski definition) is 3. The monoisotopic (exact) mass is 287 g/mol. The van der Waals surface area contributed by atoms with E-state index in [1.54, 1.807) is 48.5 Å². The van der Waals surface area contributed by atoms with Gasteiger partial charge in [0.25, 0.3) is 0 Å². The Morgan fingerprint density at radius 2 is 2.00 bits per heavy atom. The number of halogens is 1. The quantitative estimate of drug-likeness (QED) is 0.606. The van der Waals surface area contributed by atoms with E-state index in [0.29, 0.717) is 22.9 Å². The summed E-state index contributed by atoms with van der Waals surface area (Å²) in [6.45, 7) is 2.51. The molecule has 0 atom stereocenters. The van der Waals surface area contributed by atoms with E-state index in [0.717, 1.165) is 5.75 Å². The smallest absolute Gasteiger partial charge is 0.204 e. The van der Waals surface area contributed by atoms with Crippen LogP contribution in [-0.2, 0) is 0 Å². The SMILES string of the molecule is CCOc1ccc(C(=O)C=Nc2cccc(Cl)c2)cc1. The van der Waals surface area contributed by atoms with Gasteiger partial charge in [0.15, 0.2) is 0 Å². The standard InChI is InChI=1S/C16H14ClNO2/c1-2-20-15-8-6-12(7-9-15)16(19)11-18-14-5-3-4-13(17)10-14/h3-11H,2H2,1H3. The van der Waals surface area contributed by atoms with Crippen molar-refractivity contribution in [3.05, 3.63) is 59.1 Å². The van der Waals surface area contributed by atoms with Crippen LogP contribution < -0.4 is 4.74 Å². The molecule has 0 aliphatic carbocycles. The summed E-state index contributed by atoms with van der Waals surface area (Å²) in [6.07, 6.45) is 1.29. The predicted molar refractivity (Wildman–Crippen MR) is 81.5 cm³/mol. The molecule has 0 N–H and O–H groups in total. The number of benzene rings is 2. The van der Waals surface area contributed by atoms with Gasteiger partial charge in [-0.1, -0.05) is 17.7 Å². The first-order valence-corrected chi connectivity index (χ1v) is 6.63. The molecule has 4 heteroatoms. The number of carbonyl (C=O) groups excluding carboxylic acids is 1. The number of hydrogen-bond donors (Lipinski definition) is 0. The minimum absolute atomic E-state index is 0.159. The molecule has 2 rings (SSSR count). The third kappa shape index (κ3) is 3.93. The van der Waals surface area contributed by atoms with Crippen LogP contribution in [-0.4, -0.2) is 18.6 Å². The number of nitrogens with zero attached hydrogens (tertiary/aromatic N) is 1. The van der Waals surface area contributed by atoms with E-state index in [4.69, 9.17) is 16.3 Å². The van der Waals surface area contributed by atoms with Gasteiger partial charge in [0.05, 0.1) is 18.5 Å². The van der Waals surface area contributed by atoms with E-state index in [1.165, 1.54) is 6.21 Å². The Bertz CT molecular complexity index is 621. The van der Waals surface area contributed by atoms with E-state index in [2.05, 4.69) is 4.99 Å². The second-order valence-electron chi connectivity index (χ2n) is 4.06. The maximum atomic E-state index is 11.9. The first-order chi connectivity index (χ1) is 9.69. The molecule has 0 aromatic heterocycles. The van der Waals surface area contributed by atoms with Crippen molar-refractivity contribution in [2.24, 2.45) is 4.99 Å². The fourth-order valence-electron chi connectivity index (χ4n) is 1.65. The van der Waals surface area contributed by atoms with Crippen molar-refractivity contribution in [1.82, 2.24) is 0 Å². The van der Waals surface area contributed by atoms with Crippen LogP contribution in [0.2, 0.25) is 5.02 Å². The zero-order chi connectivity index (χ0) is 14.4. The second kappa shape index (κ2) is 6.87. The van der Waals surface area contributed by atoms with Gasteiger partial charge in [-0.15, -0.1) is 0 Å². The minimum Gasteiger partial charge on any atom is -0.494 e. The van der Waals surface area contributed by atoms with E-state index in [-0.39, 0.29) is 5.78 Å². The van der Waals surface area contributed by atoms with Crippen LogP contribution in [0.5, 0.6) is 5.75 Å². The normalized spacial score (nSPS) is 10.7. The molecule has 0 heterocycles. The maximum absolute atomic E-state index is 11.9. The van der Waals surface area contributed by atoms with Crippen molar-refractivity contribution in [1.29, 1.82) is 0 Å². The highest BCUT2D eigenvalue weighted by Gasteiger charge is 2.03. The number of aliphatic imine (C=N–C) groups is 1. The molecular formula is C16H14ClNO2. The van der Waals surface area contributed by atoms with Gasteiger partial charge < -0.3 is 4.74 Å². The number of carbonyl (C=O) groups is 1. The van der Waals surface area contributed by atoms with Crippen LogP contribution >= 0.6 is 11.6 Å². The Kier molecular flexibility index (Phi) is 4.91. The number of ketones is 1. The third-order valence-corrected chi connectivity index (χ3v) is 2.82. The Morgan fingerprint density at radius 1 is 1.25 bits per heavy atom. The Hall–Kier alpha value is -2.13.